The van der Waals surface area contributed by atoms with Crippen LogP contribution in [-0.2, 0) is 6.54 Å². The molecule has 4 rings (SSSR count). The molecule has 0 bridgehead atoms. The number of rotatable bonds is 4. The summed E-state index contributed by atoms with van der Waals surface area (Å²) >= 11 is 7.52. The minimum atomic E-state index is -1.32. The Hall–Kier alpha value is -3.16. The molecule has 0 radical (unpaired) electrons. The smallest absolute Gasteiger partial charge is 0.341 e. The Kier molecular flexibility index (Phi) is 4.62. The van der Waals surface area contributed by atoms with E-state index in [4.69, 9.17) is 16.7 Å². The van der Waals surface area contributed by atoms with Crippen molar-refractivity contribution in [3.8, 4) is 0 Å². The monoisotopic (exact) mass is 412 g/mol. The number of aromatic amines is 1. The summed E-state index contributed by atoms with van der Waals surface area (Å²) in [6, 6.07) is 14.0. The lowest BCUT2D eigenvalue weighted by Gasteiger charge is -2.09. The van der Waals surface area contributed by atoms with E-state index in [1.54, 1.807) is 12.1 Å². The van der Waals surface area contributed by atoms with Gasteiger partial charge in [0.25, 0.3) is 11.5 Å². The quantitative estimate of drug-likeness (QED) is 0.471. The number of carboxylic acids is 1. The third-order valence-electron chi connectivity index (χ3n) is 4.32. The van der Waals surface area contributed by atoms with Crippen molar-refractivity contribution in [3.05, 3.63) is 79.9 Å². The zero-order chi connectivity index (χ0) is 19.8. The van der Waals surface area contributed by atoms with E-state index in [0.717, 1.165) is 10.1 Å². The van der Waals surface area contributed by atoms with Gasteiger partial charge in [0.05, 0.1) is 10.4 Å². The molecule has 0 spiro atoms. The van der Waals surface area contributed by atoms with Crippen LogP contribution >= 0.6 is 22.9 Å². The van der Waals surface area contributed by atoms with Crippen LogP contribution in [0, 0.1) is 0 Å². The van der Waals surface area contributed by atoms with Gasteiger partial charge in [0, 0.05) is 21.7 Å². The number of nitrogens with one attached hydrogen (secondary N) is 2. The van der Waals surface area contributed by atoms with Crippen LogP contribution in [0.1, 0.15) is 25.6 Å². The molecule has 0 aliphatic rings. The van der Waals surface area contributed by atoms with Crippen LogP contribution in [0.2, 0.25) is 5.02 Å². The van der Waals surface area contributed by atoms with Gasteiger partial charge in [-0.3, -0.25) is 9.59 Å². The summed E-state index contributed by atoms with van der Waals surface area (Å²) < 4.78 is 1.02. The van der Waals surface area contributed by atoms with Crippen molar-refractivity contribution in [2.45, 2.75) is 6.54 Å². The van der Waals surface area contributed by atoms with Crippen LogP contribution in [0.3, 0.4) is 0 Å². The lowest BCUT2D eigenvalue weighted by Crippen LogP contribution is -2.23. The number of H-pyrrole nitrogens is 1. The molecule has 28 heavy (non-hydrogen) atoms. The number of amides is 1. The van der Waals surface area contributed by atoms with Gasteiger partial charge in [0.1, 0.15) is 5.56 Å². The van der Waals surface area contributed by atoms with Crippen molar-refractivity contribution >= 4 is 55.8 Å². The third kappa shape index (κ3) is 3.37. The molecule has 140 valence electrons. The van der Waals surface area contributed by atoms with Crippen molar-refractivity contribution in [2.24, 2.45) is 0 Å². The molecule has 2 heterocycles. The second-order valence-electron chi connectivity index (χ2n) is 6.18. The van der Waals surface area contributed by atoms with Gasteiger partial charge in [-0.1, -0.05) is 29.8 Å². The van der Waals surface area contributed by atoms with Gasteiger partial charge in [-0.05, 0) is 41.3 Å². The Morgan fingerprint density at radius 3 is 2.64 bits per heavy atom. The first kappa shape index (κ1) is 18.2. The molecule has 0 unspecified atom stereocenters. The maximum atomic E-state index is 12.5. The normalized spacial score (nSPS) is 11.0. The predicted molar refractivity (Wildman–Crippen MR) is 110 cm³/mol. The van der Waals surface area contributed by atoms with E-state index in [2.05, 4.69) is 10.3 Å². The van der Waals surface area contributed by atoms with Crippen LogP contribution in [0.25, 0.3) is 21.0 Å². The lowest BCUT2D eigenvalue weighted by molar-refractivity contribution is 0.0695. The third-order valence-corrected chi connectivity index (χ3v) is 5.65. The zero-order valence-corrected chi connectivity index (χ0v) is 15.9. The van der Waals surface area contributed by atoms with Gasteiger partial charge in [0.15, 0.2) is 0 Å². The van der Waals surface area contributed by atoms with Crippen LogP contribution < -0.4 is 10.9 Å². The van der Waals surface area contributed by atoms with Gasteiger partial charge in [-0.15, -0.1) is 11.3 Å². The molecular weight excluding hydrogens is 400 g/mol. The number of halogens is 1. The number of carbonyl (C=O) groups is 2. The number of aromatic carboxylic acids is 1. The van der Waals surface area contributed by atoms with Crippen LogP contribution in [0.5, 0.6) is 0 Å². The molecule has 0 atom stereocenters. The van der Waals surface area contributed by atoms with Gasteiger partial charge in [-0.25, -0.2) is 4.79 Å². The number of benzene rings is 2. The van der Waals surface area contributed by atoms with E-state index < -0.39 is 11.5 Å². The van der Waals surface area contributed by atoms with Crippen molar-refractivity contribution in [2.75, 3.05) is 0 Å². The molecule has 1 amide bonds. The SMILES string of the molecule is O=C(NCc1cc(Cl)cc2cc(C(=O)O)c(=O)[nH]c12)c1cc2ccccc2s1. The number of thiophene rings is 1. The minimum absolute atomic E-state index is 0.131. The largest absolute Gasteiger partial charge is 0.477 e. The van der Waals surface area contributed by atoms with E-state index >= 15 is 0 Å². The first-order chi connectivity index (χ1) is 13.4. The van der Waals surface area contributed by atoms with Gasteiger partial charge in [-0.2, -0.15) is 0 Å². The van der Waals surface area contributed by atoms with E-state index in [1.165, 1.54) is 17.4 Å². The summed E-state index contributed by atoms with van der Waals surface area (Å²) in [5.41, 5.74) is -0.0449. The fraction of sp³-hybridized carbons (Fsp3) is 0.0500. The van der Waals surface area contributed by atoms with Gasteiger partial charge in [0.2, 0.25) is 0 Å². The van der Waals surface area contributed by atoms with Gasteiger partial charge >= 0.3 is 5.97 Å². The Labute approximate surface area is 167 Å². The fourth-order valence-corrected chi connectivity index (χ4v) is 4.24. The molecule has 0 aliphatic carbocycles. The molecule has 0 saturated carbocycles. The highest BCUT2D eigenvalue weighted by Crippen LogP contribution is 2.26. The number of fused-ring (bicyclic) bond motifs is 2. The summed E-state index contributed by atoms with van der Waals surface area (Å²) in [4.78, 5) is 38.9. The summed E-state index contributed by atoms with van der Waals surface area (Å²) in [7, 11) is 0. The summed E-state index contributed by atoms with van der Waals surface area (Å²) in [6.07, 6.45) is 0. The molecule has 4 aromatic rings. The van der Waals surface area contributed by atoms with Crippen molar-refractivity contribution in [3.63, 3.8) is 0 Å². The number of aromatic nitrogens is 1. The highest BCUT2D eigenvalue weighted by atomic mass is 35.5. The maximum absolute atomic E-state index is 12.5. The fourth-order valence-electron chi connectivity index (χ4n) is 3.01. The highest BCUT2D eigenvalue weighted by molar-refractivity contribution is 7.20. The summed E-state index contributed by atoms with van der Waals surface area (Å²) in [6.45, 7) is 0.131. The Balaban J connectivity index is 1.65. The second-order valence-corrected chi connectivity index (χ2v) is 7.70. The molecule has 0 aliphatic heterocycles. The Bertz CT molecular complexity index is 1280. The molecule has 6 nitrogen and oxygen atoms in total. The number of carboxylic acid groups (broad SMARTS) is 1. The average Bonchev–Trinajstić information content (AvgIpc) is 3.10. The maximum Gasteiger partial charge on any atom is 0.341 e. The highest BCUT2D eigenvalue weighted by Gasteiger charge is 2.14. The Morgan fingerprint density at radius 2 is 1.89 bits per heavy atom. The molecule has 0 saturated heterocycles. The molecule has 2 aromatic carbocycles. The molecule has 3 N–H and O–H groups in total. The topological polar surface area (TPSA) is 99.3 Å². The van der Waals surface area contributed by atoms with Crippen molar-refractivity contribution in [1.82, 2.24) is 10.3 Å². The zero-order valence-electron chi connectivity index (χ0n) is 14.3. The molecule has 8 heteroatoms. The van der Waals surface area contributed by atoms with E-state index in [1.807, 2.05) is 30.3 Å². The predicted octanol–water partition coefficient (Wildman–Crippen LogP) is 4.02. The summed E-state index contributed by atoms with van der Waals surface area (Å²) in [5.74, 6) is -1.55. The first-order valence-corrected chi connectivity index (χ1v) is 9.47. The number of carbonyl (C=O) groups excluding carboxylic acids is 1. The van der Waals surface area contributed by atoms with Crippen LogP contribution in [0.4, 0.5) is 0 Å². The minimum Gasteiger partial charge on any atom is -0.477 e. The average molecular weight is 413 g/mol. The second kappa shape index (κ2) is 7.10. The van der Waals surface area contributed by atoms with Crippen LogP contribution in [0.15, 0.2) is 53.3 Å². The lowest BCUT2D eigenvalue weighted by atomic mass is 10.1. The molecule has 2 aromatic heterocycles. The standard InChI is InChI=1S/C20H13ClN2O4S/c21-13-5-11-7-14(20(26)27)18(24)23-17(11)12(6-13)9-22-19(25)16-8-10-3-1-2-4-15(10)28-16/h1-8H,9H2,(H,22,25)(H,23,24)(H,26,27). The van der Waals surface area contributed by atoms with E-state index in [0.29, 0.717) is 26.4 Å². The first-order valence-electron chi connectivity index (χ1n) is 8.28. The number of hydrogen-bond donors (Lipinski definition) is 3. The summed E-state index contributed by atoms with van der Waals surface area (Å²) in [5, 5.41) is 13.8. The molecular formula is C20H13ClN2O4S. The van der Waals surface area contributed by atoms with E-state index in [9.17, 15) is 14.4 Å². The number of hydrogen-bond acceptors (Lipinski definition) is 4. The molecule has 0 fully saturated rings. The van der Waals surface area contributed by atoms with Gasteiger partial charge < -0.3 is 15.4 Å². The Morgan fingerprint density at radius 1 is 1.11 bits per heavy atom. The van der Waals surface area contributed by atoms with E-state index in [-0.39, 0.29) is 18.0 Å². The van der Waals surface area contributed by atoms with Crippen LogP contribution in [-0.4, -0.2) is 22.0 Å². The van der Waals surface area contributed by atoms with Crippen molar-refractivity contribution in [1.29, 1.82) is 0 Å². The van der Waals surface area contributed by atoms with Crippen molar-refractivity contribution < 1.29 is 14.7 Å². The number of pyridine rings is 1.